The number of rotatable bonds is 8. The highest BCUT2D eigenvalue weighted by Crippen LogP contribution is 2.36. The van der Waals surface area contributed by atoms with Crippen LogP contribution in [0.2, 0.25) is 0 Å². The highest BCUT2D eigenvalue weighted by atomic mass is 16.3. The van der Waals surface area contributed by atoms with Gasteiger partial charge >= 0.3 is 0 Å². The number of aromatic nitrogens is 5. The van der Waals surface area contributed by atoms with E-state index in [2.05, 4.69) is 73.6 Å². The third-order valence-corrected chi connectivity index (χ3v) is 8.41. The standard InChI is InChI=1S/C35H32N8O2/c1-21-27(28-6-4-8-30(22(28)2)42-35-33-31(39-20-40-35)14-24(19-44)16-38-33)5-3-7-29(21)41-34-32-25(9-11-36-34)13-23(15-37-32)17-43-12-10-26(45)18-43/h3-9,11,13-16,19-20,26,45H,10,12,17-18H2,1-2H3,(H,36,41)(H,39,40,42). The molecule has 1 atom stereocenters. The van der Waals surface area contributed by atoms with Crippen molar-refractivity contribution in [3.05, 3.63) is 102 Å². The van der Waals surface area contributed by atoms with E-state index in [4.69, 9.17) is 4.98 Å². The van der Waals surface area contributed by atoms with Crippen molar-refractivity contribution in [3.63, 3.8) is 0 Å². The lowest BCUT2D eigenvalue weighted by Gasteiger charge is -2.18. The summed E-state index contributed by atoms with van der Waals surface area (Å²) in [4.78, 5) is 36.0. The van der Waals surface area contributed by atoms with Crippen LogP contribution in [-0.4, -0.2) is 60.4 Å². The molecule has 1 fully saturated rings. The van der Waals surface area contributed by atoms with Gasteiger partial charge in [-0.2, -0.15) is 0 Å². The fourth-order valence-electron chi connectivity index (χ4n) is 5.99. The second kappa shape index (κ2) is 12.0. The lowest BCUT2D eigenvalue weighted by Crippen LogP contribution is -2.21. The first kappa shape index (κ1) is 28.5. The fourth-order valence-corrected chi connectivity index (χ4v) is 5.99. The summed E-state index contributed by atoms with van der Waals surface area (Å²) in [6.07, 6.45) is 8.03. The Morgan fingerprint density at radius 1 is 0.867 bits per heavy atom. The quantitative estimate of drug-likeness (QED) is 0.177. The molecular formula is C35H32N8O2. The first-order valence-corrected chi connectivity index (χ1v) is 14.9. The maximum Gasteiger partial charge on any atom is 0.160 e. The van der Waals surface area contributed by atoms with Crippen molar-refractivity contribution >= 4 is 51.2 Å². The number of carbonyl (C=O) groups excluding carboxylic acids is 1. The predicted octanol–water partition coefficient (Wildman–Crippen LogP) is 6.12. The topological polar surface area (TPSA) is 129 Å². The molecule has 0 aliphatic carbocycles. The zero-order valence-electron chi connectivity index (χ0n) is 25.0. The van der Waals surface area contributed by atoms with Crippen LogP contribution in [0.25, 0.3) is 33.1 Å². The fraction of sp³-hybridized carbons (Fsp3) is 0.200. The molecule has 0 radical (unpaired) electrons. The van der Waals surface area contributed by atoms with Crippen molar-refractivity contribution in [2.75, 3.05) is 23.7 Å². The monoisotopic (exact) mass is 596 g/mol. The van der Waals surface area contributed by atoms with Crippen LogP contribution in [0.5, 0.6) is 0 Å². The number of β-amino-alcohol motifs (C(OH)–C–C–N with tert-alkyl or cyclic N) is 1. The Kier molecular flexibility index (Phi) is 7.58. The number of pyridine rings is 3. The van der Waals surface area contributed by atoms with E-state index in [1.54, 1.807) is 12.3 Å². The molecular weight excluding hydrogens is 564 g/mol. The van der Waals surface area contributed by atoms with Crippen LogP contribution in [0.15, 0.2) is 79.5 Å². The summed E-state index contributed by atoms with van der Waals surface area (Å²) in [6.45, 7) is 6.55. The van der Waals surface area contributed by atoms with Crippen LogP contribution in [0.1, 0.15) is 33.5 Å². The van der Waals surface area contributed by atoms with E-state index in [-0.39, 0.29) is 6.10 Å². The minimum Gasteiger partial charge on any atom is -0.392 e. The number of aldehydes is 1. The predicted molar refractivity (Wildman–Crippen MR) is 176 cm³/mol. The molecule has 224 valence electrons. The maximum atomic E-state index is 11.2. The molecule has 1 unspecified atom stereocenters. The Morgan fingerprint density at radius 3 is 2.27 bits per heavy atom. The smallest absolute Gasteiger partial charge is 0.160 e. The van der Waals surface area contributed by atoms with Crippen LogP contribution in [0.4, 0.5) is 23.0 Å². The Balaban J connectivity index is 1.17. The largest absolute Gasteiger partial charge is 0.392 e. The Labute approximate surface area is 260 Å². The minimum absolute atomic E-state index is 0.241. The normalized spacial score (nSPS) is 15.0. The molecule has 1 aliphatic rings. The highest BCUT2D eigenvalue weighted by Gasteiger charge is 2.20. The first-order chi connectivity index (χ1) is 22.0. The van der Waals surface area contributed by atoms with E-state index in [0.717, 1.165) is 75.9 Å². The molecule has 0 spiro atoms. The summed E-state index contributed by atoms with van der Waals surface area (Å²) < 4.78 is 0. The molecule has 6 aromatic rings. The Hall–Kier alpha value is -5.32. The third kappa shape index (κ3) is 5.68. The SMILES string of the molecule is Cc1c(Nc2nccc3cc(CN4CCC(O)C4)cnc23)cccc1-c1cccc(Nc2ncnc3cc(C=O)cnc23)c1C. The van der Waals surface area contributed by atoms with Crippen LogP contribution in [0, 0.1) is 13.8 Å². The molecule has 45 heavy (non-hydrogen) atoms. The number of nitrogens with zero attached hydrogens (tertiary/aromatic N) is 6. The van der Waals surface area contributed by atoms with Gasteiger partial charge in [-0.05, 0) is 78.4 Å². The molecule has 2 aromatic carbocycles. The van der Waals surface area contributed by atoms with E-state index in [0.29, 0.717) is 34.8 Å². The molecule has 4 aromatic heterocycles. The lowest BCUT2D eigenvalue weighted by molar-refractivity contribution is 0.112. The zero-order valence-corrected chi connectivity index (χ0v) is 25.0. The number of hydrogen-bond donors (Lipinski definition) is 3. The van der Waals surface area contributed by atoms with Crippen molar-refractivity contribution in [2.24, 2.45) is 0 Å². The van der Waals surface area contributed by atoms with E-state index in [9.17, 15) is 9.90 Å². The number of aliphatic hydroxyl groups excluding tert-OH is 1. The molecule has 1 saturated heterocycles. The van der Waals surface area contributed by atoms with Gasteiger partial charge in [0.05, 0.1) is 11.6 Å². The molecule has 1 aliphatic heterocycles. The van der Waals surface area contributed by atoms with Gasteiger partial charge in [-0.3, -0.25) is 14.7 Å². The van der Waals surface area contributed by atoms with E-state index in [1.165, 1.54) is 12.5 Å². The molecule has 5 heterocycles. The van der Waals surface area contributed by atoms with Gasteiger partial charge in [0.1, 0.15) is 17.4 Å². The van der Waals surface area contributed by atoms with Gasteiger partial charge in [0.25, 0.3) is 0 Å². The summed E-state index contributed by atoms with van der Waals surface area (Å²) in [6, 6.07) is 18.2. The molecule has 0 bridgehead atoms. The molecule has 7 rings (SSSR count). The second-order valence-corrected chi connectivity index (χ2v) is 11.4. The Bertz CT molecular complexity index is 2060. The van der Waals surface area contributed by atoms with E-state index >= 15 is 0 Å². The average Bonchev–Trinajstić information content (AvgIpc) is 3.47. The zero-order chi connectivity index (χ0) is 30.9. The van der Waals surface area contributed by atoms with Crippen LogP contribution < -0.4 is 10.6 Å². The van der Waals surface area contributed by atoms with Crippen molar-refractivity contribution < 1.29 is 9.90 Å². The highest BCUT2D eigenvalue weighted by molar-refractivity contribution is 5.93. The Morgan fingerprint density at radius 2 is 1.58 bits per heavy atom. The van der Waals surface area contributed by atoms with Crippen LogP contribution in [-0.2, 0) is 6.54 Å². The van der Waals surface area contributed by atoms with Gasteiger partial charge in [-0.1, -0.05) is 24.3 Å². The second-order valence-electron chi connectivity index (χ2n) is 11.4. The number of fused-ring (bicyclic) bond motifs is 2. The summed E-state index contributed by atoms with van der Waals surface area (Å²) in [5.41, 5.74) is 9.72. The van der Waals surface area contributed by atoms with E-state index in [1.807, 2.05) is 30.5 Å². The van der Waals surface area contributed by atoms with Gasteiger partial charge in [0.15, 0.2) is 17.9 Å². The molecule has 0 saturated carbocycles. The van der Waals surface area contributed by atoms with E-state index < -0.39 is 0 Å². The first-order valence-electron chi connectivity index (χ1n) is 14.9. The number of nitrogens with one attached hydrogen (secondary N) is 2. The maximum absolute atomic E-state index is 11.2. The summed E-state index contributed by atoms with van der Waals surface area (Å²) >= 11 is 0. The van der Waals surface area contributed by atoms with Gasteiger partial charge in [0.2, 0.25) is 0 Å². The number of hydrogen-bond acceptors (Lipinski definition) is 10. The number of anilines is 4. The molecule has 10 heteroatoms. The van der Waals surface area contributed by atoms with Crippen LogP contribution in [0.3, 0.4) is 0 Å². The number of benzene rings is 2. The summed E-state index contributed by atoms with van der Waals surface area (Å²) in [5.74, 6) is 1.27. The van der Waals surface area contributed by atoms with Crippen molar-refractivity contribution in [1.82, 2.24) is 29.8 Å². The molecule has 0 amide bonds. The van der Waals surface area contributed by atoms with Crippen molar-refractivity contribution in [1.29, 1.82) is 0 Å². The molecule has 10 nitrogen and oxygen atoms in total. The number of carbonyl (C=O) groups is 1. The third-order valence-electron chi connectivity index (χ3n) is 8.41. The van der Waals surface area contributed by atoms with Gasteiger partial charge < -0.3 is 15.7 Å². The van der Waals surface area contributed by atoms with Crippen LogP contribution >= 0.6 is 0 Å². The van der Waals surface area contributed by atoms with Gasteiger partial charge in [-0.15, -0.1) is 0 Å². The lowest BCUT2D eigenvalue weighted by atomic mass is 9.94. The molecule has 3 N–H and O–H groups in total. The minimum atomic E-state index is -0.241. The van der Waals surface area contributed by atoms with Gasteiger partial charge in [-0.25, -0.2) is 19.9 Å². The average molecular weight is 597 g/mol. The number of likely N-dealkylation sites (tertiary alicyclic amines) is 1. The summed E-state index contributed by atoms with van der Waals surface area (Å²) in [5, 5.41) is 17.9. The number of aliphatic hydroxyl groups is 1. The van der Waals surface area contributed by atoms with Gasteiger partial charge in [0, 0.05) is 60.5 Å². The van der Waals surface area contributed by atoms with Crippen molar-refractivity contribution in [2.45, 2.75) is 32.9 Å². The van der Waals surface area contributed by atoms with Crippen molar-refractivity contribution in [3.8, 4) is 11.1 Å². The summed E-state index contributed by atoms with van der Waals surface area (Å²) in [7, 11) is 0.